The Morgan fingerprint density at radius 2 is 1.87 bits per heavy atom. The minimum Gasteiger partial charge on any atom is -0.457 e. The molecule has 0 radical (unpaired) electrons. The quantitative estimate of drug-likeness (QED) is 0.796. The first-order valence-corrected chi connectivity index (χ1v) is 7.67. The zero-order valence-corrected chi connectivity index (χ0v) is 13.9. The molecule has 1 aromatic heterocycles. The third kappa shape index (κ3) is 3.67. The molecule has 5 nitrogen and oxygen atoms in total. The van der Waals surface area contributed by atoms with Crippen LogP contribution in [0.1, 0.15) is 43.2 Å². The van der Waals surface area contributed by atoms with Gasteiger partial charge in [-0.15, -0.1) is 0 Å². The van der Waals surface area contributed by atoms with E-state index in [9.17, 15) is 9.59 Å². The van der Waals surface area contributed by atoms with Gasteiger partial charge < -0.3 is 4.74 Å². The van der Waals surface area contributed by atoms with Gasteiger partial charge in [0.25, 0.3) is 5.56 Å². The molecule has 0 saturated carbocycles. The topological polar surface area (TPSA) is 61.2 Å². The molecule has 0 aliphatic carbocycles. The molecule has 0 fully saturated rings. The molecule has 0 aliphatic heterocycles. The summed E-state index contributed by atoms with van der Waals surface area (Å²) < 4.78 is 6.81. The van der Waals surface area contributed by atoms with Crippen LogP contribution in [0.5, 0.6) is 0 Å². The lowest BCUT2D eigenvalue weighted by molar-refractivity contribution is 0.00888. The van der Waals surface area contributed by atoms with Crippen molar-refractivity contribution in [3.05, 3.63) is 64.1 Å². The van der Waals surface area contributed by atoms with E-state index in [0.29, 0.717) is 6.42 Å². The second-order valence-corrected chi connectivity index (χ2v) is 6.07. The maximum absolute atomic E-state index is 12.4. The highest BCUT2D eigenvalue weighted by Gasteiger charge is 2.33. The number of ether oxygens (including phenoxy) is 1. The molecule has 0 aliphatic rings. The van der Waals surface area contributed by atoms with Crippen molar-refractivity contribution in [1.82, 2.24) is 9.78 Å². The van der Waals surface area contributed by atoms with E-state index in [1.165, 1.54) is 19.2 Å². The van der Waals surface area contributed by atoms with E-state index in [4.69, 9.17) is 4.74 Å². The number of carbonyl (C=O) groups is 1. The van der Waals surface area contributed by atoms with Crippen LogP contribution in [0.2, 0.25) is 0 Å². The normalized spacial score (nSPS) is 12.7. The maximum atomic E-state index is 12.4. The van der Waals surface area contributed by atoms with Gasteiger partial charge in [-0.2, -0.15) is 5.10 Å². The molecule has 0 unspecified atom stereocenters. The molecule has 2 rings (SSSR count). The number of aromatic nitrogens is 2. The van der Waals surface area contributed by atoms with Crippen molar-refractivity contribution < 1.29 is 9.53 Å². The van der Waals surface area contributed by atoms with Crippen LogP contribution >= 0.6 is 0 Å². The van der Waals surface area contributed by atoms with Crippen LogP contribution in [-0.2, 0) is 17.2 Å². The number of hydrogen-bond donors (Lipinski definition) is 0. The number of benzene rings is 1. The molecular formula is C18H22N2O3. The van der Waals surface area contributed by atoms with E-state index < -0.39 is 5.97 Å². The van der Waals surface area contributed by atoms with Gasteiger partial charge in [-0.05, 0) is 18.1 Å². The van der Waals surface area contributed by atoms with Gasteiger partial charge >= 0.3 is 5.97 Å². The number of nitrogens with zero attached hydrogens (tertiary/aromatic N) is 2. The molecule has 0 spiro atoms. The van der Waals surface area contributed by atoms with Crippen molar-refractivity contribution >= 4 is 5.97 Å². The number of carbonyl (C=O) groups excluding carboxylic acids is 1. The fourth-order valence-corrected chi connectivity index (χ4v) is 2.60. The first-order chi connectivity index (χ1) is 10.9. The molecule has 0 saturated heterocycles. The Labute approximate surface area is 135 Å². The molecule has 1 aromatic carbocycles. The summed E-state index contributed by atoms with van der Waals surface area (Å²) >= 11 is 0. The van der Waals surface area contributed by atoms with Gasteiger partial charge in [0, 0.05) is 18.5 Å². The molecule has 0 amide bonds. The third-order valence-corrected chi connectivity index (χ3v) is 4.11. The predicted octanol–water partition coefficient (Wildman–Crippen LogP) is 2.69. The molecule has 0 bridgehead atoms. The fraction of sp³-hybridized carbons (Fsp3) is 0.389. The lowest BCUT2D eigenvalue weighted by Gasteiger charge is -2.33. The Kier molecular flexibility index (Phi) is 4.98. The molecule has 0 N–H and O–H groups in total. The Morgan fingerprint density at radius 1 is 1.22 bits per heavy atom. The van der Waals surface area contributed by atoms with Crippen LogP contribution < -0.4 is 5.56 Å². The second kappa shape index (κ2) is 6.77. The van der Waals surface area contributed by atoms with E-state index in [1.54, 1.807) is 0 Å². The number of esters is 1. The van der Waals surface area contributed by atoms with Gasteiger partial charge in [0.2, 0.25) is 0 Å². The summed E-state index contributed by atoms with van der Waals surface area (Å²) in [6.45, 7) is 6.09. The van der Waals surface area contributed by atoms with Crippen molar-refractivity contribution in [2.24, 2.45) is 7.05 Å². The van der Waals surface area contributed by atoms with Crippen molar-refractivity contribution in [1.29, 1.82) is 0 Å². The molecule has 5 heteroatoms. The summed E-state index contributed by atoms with van der Waals surface area (Å²) in [6, 6.07) is 12.7. The van der Waals surface area contributed by atoms with E-state index in [-0.39, 0.29) is 22.8 Å². The zero-order valence-electron chi connectivity index (χ0n) is 13.9. The van der Waals surface area contributed by atoms with Gasteiger partial charge in [-0.1, -0.05) is 51.1 Å². The van der Waals surface area contributed by atoms with Gasteiger partial charge in [0.1, 0.15) is 6.10 Å². The number of aryl methyl sites for hydroxylation is 1. The summed E-state index contributed by atoms with van der Waals surface area (Å²) in [4.78, 5) is 23.7. The highest BCUT2D eigenvalue weighted by atomic mass is 16.5. The largest absolute Gasteiger partial charge is 0.457 e. The zero-order chi connectivity index (χ0) is 17.0. The summed E-state index contributed by atoms with van der Waals surface area (Å²) in [6.07, 6.45) is 0.385. The fourth-order valence-electron chi connectivity index (χ4n) is 2.60. The lowest BCUT2D eigenvalue weighted by Crippen LogP contribution is -2.37. The lowest BCUT2D eigenvalue weighted by atomic mass is 9.78. The third-order valence-electron chi connectivity index (χ3n) is 4.11. The van der Waals surface area contributed by atoms with Crippen LogP contribution in [-0.4, -0.2) is 21.9 Å². The summed E-state index contributed by atoms with van der Waals surface area (Å²) in [5.41, 5.74) is 0.646. The van der Waals surface area contributed by atoms with Crippen LogP contribution in [0.3, 0.4) is 0 Å². The highest BCUT2D eigenvalue weighted by molar-refractivity contribution is 5.87. The molecule has 122 valence electrons. The Hall–Kier alpha value is -2.43. The Morgan fingerprint density at radius 3 is 2.43 bits per heavy atom. The Balaban J connectivity index is 2.23. The van der Waals surface area contributed by atoms with Crippen LogP contribution in [0.4, 0.5) is 0 Å². The monoisotopic (exact) mass is 314 g/mol. The van der Waals surface area contributed by atoms with E-state index in [0.717, 1.165) is 10.2 Å². The average Bonchev–Trinajstić information content (AvgIpc) is 2.55. The average molecular weight is 314 g/mol. The highest BCUT2D eigenvalue weighted by Crippen LogP contribution is 2.31. The maximum Gasteiger partial charge on any atom is 0.359 e. The molecule has 1 heterocycles. The van der Waals surface area contributed by atoms with Crippen molar-refractivity contribution in [3.8, 4) is 0 Å². The SMILES string of the molecule is CC[C@H](OC(=O)c1ccc(=O)n(C)n1)C(C)(C)c1ccccc1. The van der Waals surface area contributed by atoms with Crippen LogP contribution in [0.15, 0.2) is 47.3 Å². The van der Waals surface area contributed by atoms with Gasteiger partial charge in [-0.25, -0.2) is 9.48 Å². The van der Waals surface area contributed by atoms with E-state index in [2.05, 4.69) is 18.9 Å². The molecule has 2 aromatic rings. The van der Waals surface area contributed by atoms with Crippen molar-refractivity contribution in [3.63, 3.8) is 0 Å². The van der Waals surface area contributed by atoms with Crippen LogP contribution in [0.25, 0.3) is 0 Å². The predicted molar refractivity (Wildman–Crippen MR) is 88.4 cm³/mol. The number of rotatable bonds is 5. The first-order valence-electron chi connectivity index (χ1n) is 7.67. The first kappa shape index (κ1) is 16.9. The van der Waals surface area contributed by atoms with Crippen LogP contribution in [0, 0.1) is 0 Å². The number of hydrogen-bond acceptors (Lipinski definition) is 4. The van der Waals surface area contributed by atoms with Crippen molar-refractivity contribution in [2.75, 3.05) is 0 Å². The molecule has 23 heavy (non-hydrogen) atoms. The minimum absolute atomic E-state index is 0.134. The van der Waals surface area contributed by atoms with Gasteiger partial charge in [-0.3, -0.25) is 4.79 Å². The van der Waals surface area contributed by atoms with E-state index >= 15 is 0 Å². The molecule has 1 atom stereocenters. The standard InChI is InChI=1S/C18H22N2O3/c1-5-15(18(2,3)13-9-7-6-8-10-13)23-17(22)14-11-12-16(21)20(4)19-14/h6-12,15H,5H2,1-4H3/t15-/m0/s1. The van der Waals surface area contributed by atoms with Gasteiger partial charge in [0.15, 0.2) is 5.69 Å². The summed E-state index contributed by atoms with van der Waals surface area (Å²) in [5.74, 6) is -0.517. The summed E-state index contributed by atoms with van der Waals surface area (Å²) in [5, 5.41) is 3.94. The Bertz CT molecular complexity index is 735. The summed E-state index contributed by atoms with van der Waals surface area (Å²) in [7, 11) is 1.50. The molecular weight excluding hydrogens is 292 g/mol. The minimum atomic E-state index is -0.517. The van der Waals surface area contributed by atoms with E-state index in [1.807, 2.05) is 37.3 Å². The van der Waals surface area contributed by atoms with Crippen molar-refractivity contribution in [2.45, 2.75) is 38.7 Å². The smallest absolute Gasteiger partial charge is 0.359 e. The second-order valence-electron chi connectivity index (χ2n) is 6.07. The van der Waals surface area contributed by atoms with Gasteiger partial charge in [0.05, 0.1) is 0 Å².